The predicted molar refractivity (Wildman–Crippen MR) is 139 cm³/mol. The first-order chi connectivity index (χ1) is 16.6. The fraction of sp³-hybridized carbons (Fsp3) is 0.423. The molecule has 0 amide bonds. The van der Waals surface area contributed by atoms with Crippen LogP contribution in [0.1, 0.15) is 30.9 Å². The number of nitrogens with zero attached hydrogens (tertiary/aromatic N) is 6. The second-order valence-corrected chi connectivity index (χ2v) is 9.52. The van der Waals surface area contributed by atoms with Gasteiger partial charge < -0.3 is 14.5 Å². The second-order valence-electron chi connectivity index (χ2n) is 9.08. The van der Waals surface area contributed by atoms with Gasteiger partial charge in [-0.15, -0.1) is 0 Å². The van der Waals surface area contributed by atoms with Crippen LogP contribution >= 0.6 is 11.6 Å². The van der Waals surface area contributed by atoms with Crippen molar-refractivity contribution in [3.05, 3.63) is 53.3 Å². The molecule has 1 fully saturated rings. The minimum Gasteiger partial charge on any atom is -0.497 e. The Hall–Kier alpha value is -2.90. The summed E-state index contributed by atoms with van der Waals surface area (Å²) in [5, 5.41) is 6.95. The molecule has 1 unspecified atom stereocenters. The van der Waals surface area contributed by atoms with E-state index in [2.05, 4.69) is 32.0 Å². The average Bonchev–Trinajstić information content (AvgIpc) is 3.52. The predicted octanol–water partition coefficient (Wildman–Crippen LogP) is 4.93. The highest BCUT2D eigenvalue weighted by Gasteiger charge is 2.20. The van der Waals surface area contributed by atoms with Gasteiger partial charge >= 0.3 is 0 Å². The largest absolute Gasteiger partial charge is 0.497 e. The molecule has 8 heteroatoms. The molecular formula is C26H31ClN6O. The van der Waals surface area contributed by atoms with Crippen LogP contribution in [-0.4, -0.2) is 73.0 Å². The van der Waals surface area contributed by atoms with Crippen LogP contribution in [0.15, 0.2) is 47.7 Å². The van der Waals surface area contributed by atoms with Gasteiger partial charge in [-0.3, -0.25) is 9.99 Å². The van der Waals surface area contributed by atoms with E-state index in [1.807, 2.05) is 48.7 Å². The molecule has 1 saturated heterocycles. The second kappa shape index (κ2) is 10.2. The third-order valence-corrected chi connectivity index (χ3v) is 6.82. The molecular weight excluding hydrogens is 448 g/mol. The van der Waals surface area contributed by atoms with E-state index >= 15 is 0 Å². The number of ether oxygens (including phenoxy) is 1. The van der Waals surface area contributed by atoms with Crippen molar-refractivity contribution >= 4 is 40.2 Å². The molecule has 2 aliphatic heterocycles. The molecule has 0 radical (unpaired) electrons. The van der Waals surface area contributed by atoms with Gasteiger partial charge in [0, 0.05) is 55.0 Å². The summed E-state index contributed by atoms with van der Waals surface area (Å²) in [5.41, 5.74) is 4.80. The van der Waals surface area contributed by atoms with E-state index in [4.69, 9.17) is 21.3 Å². The van der Waals surface area contributed by atoms with Crippen LogP contribution in [0.2, 0.25) is 5.02 Å². The smallest absolute Gasteiger partial charge is 0.122 e. The Bertz CT molecular complexity index is 1180. The van der Waals surface area contributed by atoms with Crippen LogP contribution in [0.3, 0.4) is 0 Å². The third-order valence-electron chi connectivity index (χ3n) is 6.60. The van der Waals surface area contributed by atoms with E-state index in [-0.39, 0.29) is 5.92 Å². The number of hydrogen-bond donors (Lipinski definition) is 0. The van der Waals surface area contributed by atoms with Gasteiger partial charge in [0.2, 0.25) is 0 Å². The summed E-state index contributed by atoms with van der Waals surface area (Å²) < 4.78 is 5.50. The zero-order chi connectivity index (χ0) is 23.5. The number of likely N-dealkylation sites (N-methyl/N-ethyl adjacent to an activating group) is 1. The van der Waals surface area contributed by atoms with Gasteiger partial charge in [-0.2, -0.15) is 5.10 Å². The van der Waals surface area contributed by atoms with Gasteiger partial charge in [0.05, 0.1) is 29.8 Å². The number of aromatic nitrogens is 2. The highest BCUT2D eigenvalue weighted by atomic mass is 35.5. The van der Waals surface area contributed by atoms with Crippen molar-refractivity contribution in [1.82, 2.24) is 19.9 Å². The highest BCUT2D eigenvalue weighted by Crippen LogP contribution is 2.33. The molecule has 7 nitrogen and oxygen atoms in total. The molecule has 1 aromatic heterocycles. The van der Waals surface area contributed by atoms with Crippen molar-refractivity contribution in [3.63, 3.8) is 0 Å². The van der Waals surface area contributed by atoms with E-state index in [1.54, 1.807) is 7.11 Å². The summed E-state index contributed by atoms with van der Waals surface area (Å²) in [6.45, 7) is 5.21. The van der Waals surface area contributed by atoms with Crippen LogP contribution in [0.25, 0.3) is 11.0 Å². The van der Waals surface area contributed by atoms with Gasteiger partial charge in [-0.05, 0) is 69.2 Å². The molecule has 3 heterocycles. The normalized spacial score (nSPS) is 18.2. The van der Waals surface area contributed by atoms with Crippen molar-refractivity contribution < 1.29 is 4.74 Å². The average molecular weight is 479 g/mol. The lowest BCUT2D eigenvalue weighted by atomic mass is 10.1. The van der Waals surface area contributed by atoms with Gasteiger partial charge in [-0.25, -0.2) is 4.98 Å². The fourth-order valence-corrected chi connectivity index (χ4v) is 5.01. The first-order valence-electron chi connectivity index (χ1n) is 12.0. The Morgan fingerprint density at radius 1 is 1.09 bits per heavy atom. The summed E-state index contributed by atoms with van der Waals surface area (Å²) in [4.78, 5) is 14.5. The first kappa shape index (κ1) is 22.9. The summed E-state index contributed by atoms with van der Waals surface area (Å²) in [7, 11) is 3.65. The molecule has 2 aliphatic rings. The maximum atomic E-state index is 6.44. The van der Waals surface area contributed by atoms with Crippen molar-refractivity contribution in [2.24, 2.45) is 5.10 Å². The van der Waals surface area contributed by atoms with E-state index < -0.39 is 0 Å². The van der Waals surface area contributed by atoms with Crippen molar-refractivity contribution in [2.45, 2.75) is 25.2 Å². The number of benzene rings is 2. The van der Waals surface area contributed by atoms with Crippen LogP contribution in [0.4, 0.5) is 11.4 Å². The lowest BCUT2D eigenvalue weighted by Crippen LogP contribution is -2.26. The molecule has 0 aliphatic carbocycles. The number of hydrogen-bond acceptors (Lipinski definition) is 7. The zero-order valence-electron chi connectivity index (χ0n) is 19.8. The molecule has 5 rings (SSSR count). The molecule has 1 atom stereocenters. The summed E-state index contributed by atoms with van der Waals surface area (Å²) in [6, 6.07) is 12.2. The number of fused-ring (bicyclic) bond motifs is 1. The number of anilines is 2. The maximum absolute atomic E-state index is 6.44. The quantitative estimate of drug-likeness (QED) is 0.457. The molecule has 0 spiro atoms. The number of likely N-dealkylation sites (tertiary alicyclic amines) is 1. The molecule has 3 aromatic rings. The van der Waals surface area contributed by atoms with E-state index in [9.17, 15) is 0 Å². The minimum atomic E-state index is 0.166. The van der Waals surface area contributed by atoms with Gasteiger partial charge in [0.25, 0.3) is 0 Å². The topological polar surface area (TPSA) is 57.1 Å². The highest BCUT2D eigenvalue weighted by molar-refractivity contribution is 6.31. The van der Waals surface area contributed by atoms with E-state index in [0.717, 1.165) is 59.9 Å². The molecule has 0 bridgehead atoms. The SMILES string of the molecule is COc1cc(Cl)cc(N(CCCN2CCCC2)c2ccc3ncc(C4C=NN(C)C4)nc3c2)c1. The summed E-state index contributed by atoms with van der Waals surface area (Å²) in [5.74, 6) is 0.916. The Balaban J connectivity index is 1.46. The Kier molecular flexibility index (Phi) is 6.83. The molecule has 0 N–H and O–H groups in total. The third kappa shape index (κ3) is 5.10. The number of hydrazone groups is 1. The lowest BCUT2D eigenvalue weighted by molar-refractivity contribution is 0.336. The monoisotopic (exact) mass is 478 g/mol. The number of halogens is 1. The first-order valence-corrected chi connectivity index (χ1v) is 12.3. The Morgan fingerprint density at radius 3 is 2.71 bits per heavy atom. The lowest BCUT2D eigenvalue weighted by Gasteiger charge is -2.27. The Labute approximate surface area is 206 Å². The van der Waals surface area contributed by atoms with Gasteiger partial charge in [0.1, 0.15) is 5.75 Å². The number of rotatable bonds is 8. The van der Waals surface area contributed by atoms with Crippen LogP contribution in [0.5, 0.6) is 5.75 Å². The summed E-state index contributed by atoms with van der Waals surface area (Å²) in [6.07, 6.45) is 7.49. The maximum Gasteiger partial charge on any atom is 0.122 e. The molecule has 34 heavy (non-hydrogen) atoms. The summed E-state index contributed by atoms with van der Waals surface area (Å²) >= 11 is 6.44. The van der Waals surface area contributed by atoms with Crippen molar-refractivity contribution in [1.29, 1.82) is 0 Å². The minimum absolute atomic E-state index is 0.166. The number of methoxy groups -OCH3 is 1. The van der Waals surface area contributed by atoms with Crippen molar-refractivity contribution in [3.8, 4) is 5.75 Å². The van der Waals surface area contributed by atoms with Crippen LogP contribution in [0, 0.1) is 0 Å². The molecule has 0 saturated carbocycles. The fourth-order valence-electron chi connectivity index (χ4n) is 4.79. The standard InChI is InChI=1S/C26H31ClN6O/c1-31-18-19(16-29-31)26-17-28-24-7-6-21(15-25(24)30-26)33(11-5-10-32-8-3-4-9-32)22-12-20(27)13-23(14-22)34-2/h6-7,12-17,19H,3-5,8-11,18H2,1-2H3. The van der Waals surface area contributed by atoms with Crippen LogP contribution in [-0.2, 0) is 0 Å². The molecule has 178 valence electrons. The van der Waals surface area contributed by atoms with Gasteiger partial charge in [-0.1, -0.05) is 11.6 Å². The molecule has 2 aromatic carbocycles. The van der Waals surface area contributed by atoms with Crippen LogP contribution < -0.4 is 9.64 Å². The van der Waals surface area contributed by atoms with E-state index in [1.165, 1.54) is 25.9 Å². The zero-order valence-corrected chi connectivity index (χ0v) is 20.6. The van der Waals surface area contributed by atoms with Gasteiger partial charge in [0.15, 0.2) is 0 Å². The Morgan fingerprint density at radius 2 is 1.94 bits per heavy atom. The van der Waals surface area contributed by atoms with E-state index in [0.29, 0.717) is 5.02 Å². The van der Waals surface area contributed by atoms with Crippen molar-refractivity contribution in [2.75, 3.05) is 51.8 Å².